The van der Waals surface area contributed by atoms with Crippen molar-refractivity contribution in [3.05, 3.63) is 11.1 Å². The molecule has 2 atom stereocenters. The third-order valence-electron chi connectivity index (χ3n) is 5.31. The van der Waals surface area contributed by atoms with Crippen LogP contribution in [0.3, 0.4) is 0 Å². The van der Waals surface area contributed by atoms with E-state index >= 15 is 0 Å². The number of rotatable bonds is 7. The number of hydrogen-bond acceptors (Lipinski definition) is 6. The minimum atomic E-state index is -0.474. The van der Waals surface area contributed by atoms with Crippen LogP contribution in [0.5, 0.6) is 0 Å². The fourth-order valence-electron chi connectivity index (χ4n) is 3.87. The minimum Gasteiger partial charge on any atom is -0.375 e. The van der Waals surface area contributed by atoms with Crippen molar-refractivity contribution < 1.29 is 9.59 Å². The molecule has 1 saturated carbocycles. The average Bonchev–Trinajstić information content (AvgIpc) is 3.32. The van der Waals surface area contributed by atoms with Gasteiger partial charge >= 0.3 is 0 Å². The van der Waals surface area contributed by atoms with E-state index in [1.807, 2.05) is 0 Å². The fraction of sp³-hybridized carbons (Fsp3) is 0.722. The Kier molecular flexibility index (Phi) is 6.85. The molecule has 0 bridgehead atoms. The molecule has 5 N–H and O–H groups in total. The number of amides is 2. The first-order chi connectivity index (χ1) is 12.6. The molecule has 0 aromatic carbocycles. The molecular weight excluding hydrogens is 350 g/mol. The second-order valence-corrected chi connectivity index (χ2v) is 8.48. The molecule has 0 radical (unpaired) electrons. The molecule has 2 aliphatic rings. The first-order valence-electron chi connectivity index (χ1n) is 9.63. The molecule has 0 unspecified atom stereocenters. The third-order valence-corrected chi connectivity index (χ3v) is 6.14. The summed E-state index contributed by atoms with van der Waals surface area (Å²) in [6, 6.07) is -0.642. The van der Waals surface area contributed by atoms with Gasteiger partial charge in [-0.15, -0.1) is 11.3 Å². The molecule has 26 heavy (non-hydrogen) atoms. The Hall–Kier alpha value is -1.67. The van der Waals surface area contributed by atoms with Crippen molar-refractivity contribution in [3.63, 3.8) is 0 Å². The van der Waals surface area contributed by atoms with Crippen LogP contribution < -0.4 is 21.7 Å². The number of nitrogen functional groups attached to an aromatic ring is 1. The second-order valence-electron chi connectivity index (χ2n) is 7.33. The lowest BCUT2D eigenvalue weighted by atomic mass is 9.84. The Morgan fingerprint density at radius 1 is 1.27 bits per heavy atom. The molecule has 2 heterocycles. The highest BCUT2D eigenvalue weighted by Crippen LogP contribution is 2.27. The van der Waals surface area contributed by atoms with E-state index in [1.54, 1.807) is 6.20 Å². The molecule has 1 aromatic rings. The summed E-state index contributed by atoms with van der Waals surface area (Å²) in [5.74, 6) is 0.338. The van der Waals surface area contributed by atoms with Gasteiger partial charge in [-0.05, 0) is 31.7 Å². The van der Waals surface area contributed by atoms with Gasteiger partial charge in [0.05, 0.1) is 12.6 Å². The molecule has 8 heteroatoms. The fourth-order valence-corrected chi connectivity index (χ4v) is 4.49. The number of carbonyl (C=O) groups is 2. The number of thiazole rings is 1. The molecule has 144 valence electrons. The average molecular weight is 380 g/mol. The molecule has 7 nitrogen and oxygen atoms in total. The van der Waals surface area contributed by atoms with Gasteiger partial charge in [0.2, 0.25) is 11.8 Å². The van der Waals surface area contributed by atoms with Crippen LogP contribution in [-0.4, -0.2) is 35.4 Å². The van der Waals surface area contributed by atoms with Crippen LogP contribution in [0.25, 0.3) is 0 Å². The Labute approximate surface area is 158 Å². The Morgan fingerprint density at radius 3 is 2.73 bits per heavy atom. The normalized spacial score (nSPS) is 22.1. The zero-order valence-electron chi connectivity index (χ0n) is 15.1. The van der Waals surface area contributed by atoms with Gasteiger partial charge in [0.25, 0.3) is 0 Å². The summed E-state index contributed by atoms with van der Waals surface area (Å²) in [6.07, 6.45) is 10.2. The van der Waals surface area contributed by atoms with E-state index in [2.05, 4.69) is 20.9 Å². The lowest BCUT2D eigenvalue weighted by molar-refractivity contribution is -0.130. The maximum absolute atomic E-state index is 12.8. The molecule has 1 aliphatic carbocycles. The molecular formula is C18H29N5O2S. The van der Waals surface area contributed by atoms with Crippen molar-refractivity contribution in [2.45, 2.75) is 70.0 Å². The van der Waals surface area contributed by atoms with Gasteiger partial charge in [0, 0.05) is 11.1 Å². The third kappa shape index (κ3) is 5.41. The number of anilines is 1. The van der Waals surface area contributed by atoms with Crippen molar-refractivity contribution in [1.29, 1.82) is 0 Å². The van der Waals surface area contributed by atoms with Crippen molar-refractivity contribution in [2.75, 3.05) is 12.3 Å². The van der Waals surface area contributed by atoms with Crippen LogP contribution in [-0.2, 0) is 16.1 Å². The van der Waals surface area contributed by atoms with Crippen LogP contribution >= 0.6 is 11.3 Å². The standard InChI is InChI=1S/C18H29N5O2S/c19-18-22-11-13(26-18)10-21-16(24)15(9-12-5-2-1-3-6-12)23-17(25)14-7-4-8-20-14/h11-12,14-15,20H,1-10H2,(H2,19,22)(H,21,24)(H,23,25)/t14-,15+/m1/s1. The van der Waals surface area contributed by atoms with Crippen molar-refractivity contribution in [2.24, 2.45) is 5.92 Å². The van der Waals surface area contributed by atoms with Crippen LogP contribution in [0, 0.1) is 5.92 Å². The lowest BCUT2D eigenvalue weighted by Gasteiger charge is -2.27. The zero-order valence-corrected chi connectivity index (χ0v) is 15.9. The van der Waals surface area contributed by atoms with Crippen molar-refractivity contribution >= 4 is 28.3 Å². The lowest BCUT2D eigenvalue weighted by Crippen LogP contribution is -2.52. The Morgan fingerprint density at radius 2 is 2.08 bits per heavy atom. The summed E-state index contributed by atoms with van der Waals surface area (Å²) in [5, 5.41) is 9.63. The van der Waals surface area contributed by atoms with E-state index in [0.29, 0.717) is 17.6 Å². The first-order valence-corrected chi connectivity index (χ1v) is 10.4. The molecule has 1 aromatic heterocycles. The van der Waals surface area contributed by atoms with E-state index in [-0.39, 0.29) is 17.9 Å². The quantitative estimate of drug-likeness (QED) is 0.575. The maximum Gasteiger partial charge on any atom is 0.242 e. The van der Waals surface area contributed by atoms with Gasteiger partial charge in [-0.1, -0.05) is 32.1 Å². The van der Waals surface area contributed by atoms with E-state index < -0.39 is 6.04 Å². The monoisotopic (exact) mass is 379 g/mol. The molecule has 3 rings (SSSR count). The molecule has 0 spiro atoms. The molecule has 1 saturated heterocycles. The second kappa shape index (κ2) is 9.32. The number of nitrogens with one attached hydrogen (secondary N) is 3. The molecule has 2 amide bonds. The highest BCUT2D eigenvalue weighted by Gasteiger charge is 2.29. The van der Waals surface area contributed by atoms with Crippen LogP contribution in [0.2, 0.25) is 0 Å². The smallest absolute Gasteiger partial charge is 0.242 e. The Bertz CT molecular complexity index is 608. The van der Waals surface area contributed by atoms with Crippen LogP contribution in [0.1, 0.15) is 56.2 Å². The van der Waals surface area contributed by atoms with E-state index in [0.717, 1.165) is 43.5 Å². The van der Waals surface area contributed by atoms with Gasteiger partial charge in [-0.25, -0.2) is 4.98 Å². The zero-order chi connectivity index (χ0) is 18.4. The summed E-state index contributed by atoms with van der Waals surface area (Å²) in [6.45, 7) is 1.26. The molecule has 2 fully saturated rings. The summed E-state index contributed by atoms with van der Waals surface area (Å²) in [4.78, 5) is 30.2. The number of nitrogens with two attached hydrogens (primary N) is 1. The maximum atomic E-state index is 12.8. The predicted molar refractivity (Wildman–Crippen MR) is 103 cm³/mol. The van der Waals surface area contributed by atoms with E-state index in [9.17, 15) is 9.59 Å². The summed E-state index contributed by atoms with van der Waals surface area (Å²) in [7, 11) is 0. The summed E-state index contributed by atoms with van der Waals surface area (Å²) >= 11 is 1.37. The van der Waals surface area contributed by atoms with Gasteiger partial charge < -0.3 is 21.7 Å². The van der Waals surface area contributed by atoms with Gasteiger partial charge in [-0.2, -0.15) is 0 Å². The highest BCUT2D eigenvalue weighted by atomic mass is 32.1. The number of nitrogens with zero attached hydrogens (tertiary/aromatic N) is 1. The van der Waals surface area contributed by atoms with Gasteiger partial charge in [0.15, 0.2) is 5.13 Å². The highest BCUT2D eigenvalue weighted by molar-refractivity contribution is 7.15. The number of aromatic nitrogens is 1. The van der Waals surface area contributed by atoms with E-state index in [4.69, 9.17) is 5.73 Å². The predicted octanol–water partition coefficient (Wildman–Crippen LogP) is 1.55. The first kappa shape index (κ1) is 19.1. The van der Waals surface area contributed by atoms with E-state index in [1.165, 1.54) is 30.6 Å². The SMILES string of the molecule is Nc1ncc(CNC(=O)[C@H](CC2CCCCC2)NC(=O)[C@H]2CCCN2)s1. The largest absolute Gasteiger partial charge is 0.375 e. The number of hydrogen-bond donors (Lipinski definition) is 4. The van der Waals surface area contributed by atoms with Crippen molar-refractivity contribution in [3.8, 4) is 0 Å². The molecule has 1 aliphatic heterocycles. The minimum absolute atomic E-state index is 0.0551. The van der Waals surface area contributed by atoms with Crippen LogP contribution in [0.4, 0.5) is 5.13 Å². The number of carbonyl (C=O) groups excluding carboxylic acids is 2. The van der Waals surface area contributed by atoms with Crippen LogP contribution in [0.15, 0.2) is 6.20 Å². The summed E-state index contributed by atoms with van der Waals surface area (Å²) in [5.41, 5.74) is 5.63. The van der Waals surface area contributed by atoms with Gasteiger partial charge in [0.1, 0.15) is 6.04 Å². The Balaban J connectivity index is 1.58. The van der Waals surface area contributed by atoms with Gasteiger partial charge in [-0.3, -0.25) is 9.59 Å². The summed E-state index contributed by atoms with van der Waals surface area (Å²) < 4.78 is 0. The topological polar surface area (TPSA) is 109 Å². The van der Waals surface area contributed by atoms with Crippen molar-refractivity contribution in [1.82, 2.24) is 20.9 Å².